The van der Waals surface area contributed by atoms with Crippen molar-refractivity contribution in [3.8, 4) is 34.1 Å². The lowest BCUT2D eigenvalue weighted by atomic mass is 9.89. The Morgan fingerprint density at radius 1 is 0.842 bits per heavy atom. The Labute approximate surface area is 218 Å². The highest BCUT2D eigenvalue weighted by atomic mass is 19.1. The van der Waals surface area contributed by atoms with Crippen molar-refractivity contribution < 1.29 is 9.13 Å². The zero-order chi connectivity index (χ0) is 25.9. The number of ether oxygens (including phenoxy) is 1. The average Bonchev–Trinajstić information content (AvgIpc) is 2.95. The third kappa shape index (κ3) is 4.73. The van der Waals surface area contributed by atoms with Crippen LogP contribution in [0.15, 0.2) is 79.1 Å². The van der Waals surface area contributed by atoms with Gasteiger partial charge in [-0.2, -0.15) is 0 Å². The molecule has 9 heteroatoms. The average molecular weight is 506 g/mol. The van der Waals surface area contributed by atoms with Crippen LogP contribution in [0.2, 0.25) is 0 Å². The van der Waals surface area contributed by atoms with Crippen molar-refractivity contribution in [2.45, 2.75) is 25.7 Å². The van der Waals surface area contributed by atoms with Gasteiger partial charge in [0.05, 0.1) is 17.0 Å². The largest absolute Gasteiger partial charge is 0.435 e. The molecule has 3 aromatic heterocycles. The molecule has 0 amide bonds. The summed E-state index contributed by atoms with van der Waals surface area (Å²) in [6.45, 7) is 0. The minimum atomic E-state index is -0.545. The molecule has 38 heavy (non-hydrogen) atoms. The van der Waals surface area contributed by atoms with Crippen molar-refractivity contribution in [1.82, 2.24) is 25.1 Å². The lowest BCUT2D eigenvalue weighted by Gasteiger charge is -2.21. The molecule has 0 unspecified atom stereocenters. The number of nitrogen functional groups attached to an aromatic ring is 1. The van der Waals surface area contributed by atoms with E-state index in [1.807, 2.05) is 30.3 Å². The molecule has 0 atom stereocenters. The van der Waals surface area contributed by atoms with Crippen LogP contribution in [0.25, 0.3) is 22.5 Å². The summed E-state index contributed by atoms with van der Waals surface area (Å²) < 4.78 is 21.0. The van der Waals surface area contributed by atoms with E-state index in [0.717, 1.165) is 42.5 Å². The van der Waals surface area contributed by atoms with Crippen LogP contribution in [0, 0.1) is 5.82 Å². The Morgan fingerprint density at radius 2 is 1.68 bits per heavy atom. The van der Waals surface area contributed by atoms with Gasteiger partial charge in [-0.1, -0.05) is 30.3 Å². The van der Waals surface area contributed by atoms with Gasteiger partial charge in [-0.05, 0) is 61.6 Å². The van der Waals surface area contributed by atoms with Gasteiger partial charge >= 0.3 is 0 Å². The molecule has 0 saturated heterocycles. The van der Waals surface area contributed by atoms with Crippen LogP contribution in [-0.2, 0) is 12.8 Å². The first-order chi connectivity index (χ1) is 18.7. The molecule has 6 rings (SSSR count). The zero-order valence-electron chi connectivity index (χ0n) is 20.4. The van der Waals surface area contributed by atoms with Crippen LogP contribution < -0.4 is 15.8 Å². The molecule has 1 aliphatic rings. The highest BCUT2D eigenvalue weighted by molar-refractivity contribution is 5.70. The van der Waals surface area contributed by atoms with Crippen molar-refractivity contribution in [2.24, 2.45) is 0 Å². The second-order valence-corrected chi connectivity index (χ2v) is 8.96. The first-order valence-corrected chi connectivity index (χ1v) is 12.4. The number of nitrogens with two attached hydrogens (primary N) is 1. The molecule has 3 N–H and O–H groups in total. The fraction of sp³-hybridized carbons (Fsp3) is 0.138. The topological polar surface area (TPSA) is 112 Å². The van der Waals surface area contributed by atoms with Crippen molar-refractivity contribution in [3.63, 3.8) is 0 Å². The molecule has 188 valence electrons. The van der Waals surface area contributed by atoms with Gasteiger partial charge in [-0.15, -0.1) is 10.2 Å². The molecule has 3 heterocycles. The fourth-order valence-corrected chi connectivity index (χ4v) is 4.67. The van der Waals surface area contributed by atoms with Crippen LogP contribution >= 0.6 is 0 Å². The Hall–Kier alpha value is -4.92. The first-order valence-electron chi connectivity index (χ1n) is 12.4. The minimum absolute atomic E-state index is 0.0325. The number of rotatable bonds is 6. The highest BCUT2D eigenvalue weighted by Crippen LogP contribution is 2.36. The zero-order valence-corrected chi connectivity index (χ0v) is 20.4. The van der Waals surface area contributed by atoms with E-state index in [-0.39, 0.29) is 17.6 Å². The SMILES string of the molecule is Nc1nccc(-c2cccnc2Oc2ccc(Nc3nnc(-c4ccccc4)c4c3CCCC4)cc2F)n1. The number of nitrogens with one attached hydrogen (secondary N) is 1. The maximum Gasteiger partial charge on any atom is 0.228 e. The number of anilines is 3. The molecule has 0 saturated carbocycles. The van der Waals surface area contributed by atoms with Crippen molar-refractivity contribution >= 4 is 17.5 Å². The van der Waals surface area contributed by atoms with Gasteiger partial charge in [0, 0.05) is 35.3 Å². The fourth-order valence-electron chi connectivity index (χ4n) is 4.67. The summed E-state index contributed by atoms with van der Waals surface area (Å²) in [4.78, 5) is 12.4. The van der Waals surface area contributed by atoms with Gasteiger partial charge in [0.15, 0.2) is 17.4 Å². The van der Waals surface area contributed by atoms with Gasteiger partial charge in [0.1, 0.15) is 0 Å². The quantitative estimate of drug-likeness (QED) is 0.283. The van der Waals surface area contributed by atoms with Gasteiger partial charge in [0.25, 0.3) is 0 Å². The van der Waals surface area contributed by atoms with Gasteiger partial charge < -0.3 is 15.8 Å². The van der Waals surface area contributed by atoms with E-state index in [1.54, 1.807) is 42.7 Å². The van der Waals surface area contributed by atoms with Crippen molar-refractivity contribution in [3.05, 3.63) is 96.1 Å². The lowest BCUT2D eigenvalue weighted by Crippen LogP contribution is -2.12. The molecule has 5 aromatic rings. The molecule has 1 aliphatic carbocycles. The summed E-state index contributed by atoms with van der Waals surface area (Å²) in [6.07, 6.45) is 7.13. The van der Waals surface area contributed by atoms with Crippen LogP contribution in [0.5, 0.6) is 11.6 Å². The summed E-state index contributed by atoms with van der Waals surface area (Å²) >= 11 is 0. The monoisotopic (exact) mass is 505 g/mol. The number of aromatic nitrogens is 5. The summed E-state index contributed by atoms with van der Waals surface area (Å²) in [5.41, 5.74) is 11.7. The third-order valence-corrected chi connectivity index (χ3v) is 6.46. The Kier molecular flexibility index (Phi) is 6.31. The molecule has 0 radical (unpaired) electrons. The molecule has 0 aliphatic heterocycles. The lowest BCUT2D eigenvalue weighted by molar-refractivity contribution is 0.429. The second-order valence-electron chi connectivity index (χ2n) is 8.96. The highest BCUT2D eigenvalue weighted by Gasteiger charge is 2.21. The molecule has 2 aromatic carbocycles. The van der Waals surface area contributed by atoms with Crippen molar-refractivity contribution in [1.29, 1.82) is 0 Å². The summed E-state index contributed by atoms with van der Waals surface area (Å²) in [7, 11) is 0. The molecule has 0 spiro atoms. The van der Waals surface area contributed by atoms with E-state index in [2.05, 4.69) is 30.5 Å². The molecular formula is C29H24FN7O. The third-order valence-electron chi connectivity index (χ3n) is 6.46. The van der Waals surface area contributed by atoms with Gasteiger partial charge in [0.2, 0.25) is 11.8 Å². The van der Waals surface area contributed by atoms with Gasteiger partial charge in [-0.3, -0.25) is 0 Å². The van der Waals surface area contributed by atoms with E-state index < -0.39 is 5.82 Å². The standard InChI is InChI=1S/C29H24FN7O/c30-23-17-19(12-13-25(23)38-28-22(11-6-15-32-28)24-14-16-33-29(31)35-24)34-27-21-10-5-4-9-20(21)26(36-37-27)18-7-2-1-3-8-18/h1-3,6-8,11-17H,4-5,9-10H2,(H,34,37)(H2,31,33,35). The summed E-state index contributed by atoms with van der Waals surface area (Å²) in [6, 6.07) is 20.0. The predicted molar refractivity (Wildman–Crippen MR) is 144 cm³/mol. The van der Waals surface area contributed by atoms with E-state index in [1.165, 1.54) is 11.6 Å². The maximum atomic E-state index is 15.2. The molecule has 8 nitrogen and oxygen atoms in total. The van der Waals surface area contributed by atoms with Crippen LogP contribution in [0.4, 0.5) is 21.8 Å². The summed E-state index contributed by atoms with van der Waals surface area (Å²) in [5, 5.41) is 12.3. The predicted octanol–water partition coefficient (Wildman–Crippen LogP) is 6.13. The number of nitrogens with zero attached hydrogens (tertiary/aromatic N) is 5. The normalized spacial score (nSPS) is 12.6. The molecule has 0 fully saturated rings. The Bertz CT molecular complexity index is 1610. The van der Waals surface area contributed by atoms with Crippen LogP contribution in [0.1, 0.15) is 24.0 Å². The molecular weight excluding hydrogens is 481 g/mol. The Morgan fingerprint density at radius 3 is 2.50 bits per heavy atom. The number of benzene rings is 2. The van der Waals surface area contributed by atoms with E-state index in [9.17, 15) is 0 Å². The van der Waals surface area contributed by atoms with Crippen LogP contribution in [0.3, 0.4) is 0 Å². The van der Waals surface area contributed by atoms with E-state index in [4.69, 9.17) is 10.5 Å². The van der Waals surface area contributed by atoms with E-state index >= 15 is 4.39 Å². The second kappa shape index (κ2) is 10.2. The Balaban J connectivity index is 1.27. The summed E-state index contributed by atoms with van der Waals surface area (Å²) in [5.74, 6) is 0.477. The first kappa shape index (κ1) is 23.5. The number of fused-ring (bicyclic) bond motifs is 1. The smallest absolute Gasteiger partial charge is 0.228 e. The molecule has 0 bridgehead atoms. The maximum absolute atomic E-state index is 15.2. The number of halogens is 1. The minimum Gasteiger partial charge on any atom is -0.435 e. The van der Waals surface area contributed by atoms with E-state index in [0.29, 0.717) is 22.8 Å². The number of hydrogen-bond donors (Lipinski definition) is 2. The number of pyridine rings is 1. The van der Waals surface area contributed by atoms with Gasteiger partial charge in [-0.25, -0.2) is 19.3 Å². The van der Waals surface area contributed by atoms with Crippen LogP contribution in [-0.4, -0.2) is 25.1 Å². The number of hydrogen-bond acceptors (Lipinski definition) is 8. The van der Waals surface area contributed by atoms with Crippen molar-refractivity contribution in [2.75, 3.05) is 11.1 Å².